The number of fused-ring (bicyclic) bond motifs is 1. The third-order valence-corrected chi connectivity index (χ3v) is 4.84. The minimum absolute atomic E-state index is 0.300. The molecular weight excluding hydrogens is 345 g/mol. The molecule has 0 saturated heterocycles. The molecule has 6 heteroatoms. The molecule has 25 heavy (non-hydrogen) atoms. The number of rotatable bonds is 3. The van der Waals surface area contributed by atoms with Gasteiger partial charge in [-0.15, -0.1) is 0 Å². The van der Waals surface area contributed by atoms with E-state index in [1.54, 1.807) is 12.1 Å². The smallest absolute Gasteiger partial charge is 0.224 e. The maximum atomic E-state index is 13.1. The van der Waals surface area contributed by atoms with Crippen LogP contribution in [0.15, 0.2) is 52.4 Å². The lowest BCUT2D eigenvalue weighted by atomic mass is 10.0. The molecule has 0 atom stereocenters. The number of aromatic nitrogens is 2. The first kappa shape index (κ1) is 17.7. The molecule has 0 bridgehead atoms. The molecule has 0 amide bonds. The van der Waals surface area contributed by atoms with Crippen LogP contribution >= 0.6 is 11.8 Å². The summed E-state index contributed by atoms with van der Waals surface area (Å²) in [4.78, 5) is 8.32. The summed E-state index contributed by atoms with van der Waals surface area (Å²) in [6.07, 6.45) is -4.57. The Labute approximate surface area is 148 Å². The van der Waals surface area contributed by atoms with Crippen LogP contribution in [0.3, 0.4) is 0 Å². The van der Waals surface area contributed by atoms with Crippen molar-refractivity contribution in [3.05, 3.63) is 59.4 Å². The molecular formula is C19H17F3N2S. The van der Waals surface area contributed by atoms with E-state index in [-0.39, 0.29) is 0 Å². The van der Waals surface area contributed by atoms with Gasteiger partial charge in [0.15, 0.2) is 0 Å². The number of nitrogens with zero attached hydrogens (tertiary/aromatic N) is 2. The van der Waals surface area contributed by atoms with E-state index >= 15 is 0 Å². The van der Waals surface area contributed by atoms with Crippen molar-refractivity contribution in [2.45, 2.75) is 42.8 Å². The molecule has 0 aliphatic rings. The van der Waals surface area contributed by atoms with E-state index in [9.17, 15) is 13.2 Å². The van der Waals surface area contributed by atoms with E-state index in [2.05, 4.69) is 23.8 Å². The van der Waals surface area contributed by atoms with Gasteiger partial charge in [-0.1, -0.05) is 49.4 Å². The topological polar surface area (TPSA) is 25.8 Å². The Bertz CT molecular complexity index is 903. The molecule has 0 radical (unpaired) electrons. The molecule has 0 aliphatic heterocycles. The standard InChI is InChI=1S/C19H17F3N2S/c1-11(2)13-5-7-14(8-6-13)25-17-15-10-12(3)4-9-16(15)23-18(24-17)19(20,21)22/h4-11H,1-3H3. The summed E-state index contributed by atoms with van der Waals surface area (Å²) in [7, 11) is 0. The highest BCUT2D eigenvalue weighted by Gasteiger charge is 2.35. The SMILES string of the molecule is Cc1ccc2nc(C(F)(F)F)nc(Sc3ccc(C(C)C)cc3)c2c1. The van der Waals surface area contributed by atoms with Crippen molar-refractivity contribution in [3.63, 3.8) is 0 Å². The quantitative estimate of drug-likeness (QED) is 0.516. The fraction of sp³-hybridized carbons (Fsp3) is 0.263. The Morgan fingerprint density at radius 3 is 2.24 bits per heavy atom. The van der Waals surface area contributed by atoms with E-state index < -0.39 is 12.0 Å². The van der Waals surface area contributed by atoms with Crippen LogP contribution in [0.25, 0.3) is 10.9 Å². The van der Waals surface area contributed by atoms with Gasteiger partial charge in [-0.25, -0.2) is 9.97 Å². The summed E-state index contributed by atoms with van der Waals surface area (Å²) in [6.45, 7) is 6.08. The third-order valence-electron chi connectivity index (χ3n) is 3.83. The van der Waals surface area contributed by atoms with E-state index in [0.29, 0.717) is 21.8 Å². The summed E-state index contributed by atoms with van der Waals surface area (Å²) in [6, 6.07) is 13.0. The van der Waals surface area contributed by atoms with Gasteiger partial charge in [-0.05, 0) is 42.7 Å². The average molecular weight is 362 g/mol. The van der Waals surface area contributed by atoms with Crippen molar-refractivity contribution in [3.8, 4) is 0 Å². The van der Waals surface area contributed by atoms with Gasteiger partial charge in [0.25, 0.3) is 0 Å². The lowest BCUT2D eigenvalue weighted by Crippen LogP contribution is -2.11. The van der Waals surface area contributed by atoms with Crippen molar-refractivity contribution in [2.24, 2.45) is 0 Å². The zero-order valence-electron chi connectivity index (χ0n) is 14.1. The highest BCUT2D eigenvalue weighted by Crippen LogP contribution is 2.36. The highest BCUT2D eigenvalue weighted by molar-refractivity contribution is 7.99. The maximum absolute atomic E-state index is 13.1. The summed E-state index contributed by atoms with van der Waals surface area (Å²) >= 11 is 1.23. The number of aryl methyl sites for hydroxylation is 1. The molecule has 1 heterocycles. The largest absolute Gasteiger partial charge is 0.451 e. The van der Waals surface area contributed by atoms with Crippen LogP contribution in [0.4, 0.5) is 13.2 Å². The maximum Gasteiger partial charge on any atom is 0.451 e. The van der Waals surface area contributed by atoms with Crippen molar-refractivity contribution in [2.75, 3.05) is 0 Å². The van der Waals surface area contributed by atoms with Gasteiger partial charge in [0.1, 0.15) is 5.03 Å². The molecule has 3 aromatic rings. The van der Waals surface area contributed by atoms with Gasteiger partial charge in [0.2, 0.25) is 5.82 Å². The Kier molecular flexibility index (Phi) is 4.73. The van der Waals surface area contributed by atoms with Gasteiger partial charge in [-0.2, -0.15) is 13.2 Å². The lowest BCUT2D eigenvalue weighted by molar-refractivity contribution is -0.145. The predicted molar refractivity (Wildman–Crippen MR) is 93.9 cm³/mol. The number of hydrogen-bond donors (Lipinski definition) is 0. The minimum atomic E-state index is -4.57. The van der Waals surface area contributed by atoms with Crippen molar-refractivity contribution in [1.82, 2.24) is 9.97 Å². The summed E-state index contributed by atoms with van der Waals surface area (Å²) in [5.74, 6) is -0.705. The second-order valence-corrected chi connectivity index (χ2v) is 7.26. The summed E-state index contributed by atoms with van der Waals surface area (Å²) in [5, 5.41) is 0.948. The number of halogens is 3. The first-order valence-corrected chi connectivity index (χ1v) is 8.69. The molecule has 2 aromatic carbocycles. The Morgan fingerprint density at radius 2 is 1.64 bits per heavy atom. The van der Waals surface area contributed by atoms with Crippen molar-refractivity contribution < 1.29 is 13.2 Å². The minimum Gasteiger partial charge on any atom is -0.224 e. The number of benzene rings is 2. The summed E-state index contributed by atoms with van der Waals surface area (Å²) < 4.78 is 39.4. The second kappa shape index (κ2) is 6.67. The Hall–Kier alpha value is -2.08. The molecule has 0 N–H and O–H groups in total. The number of hydrogen-bond acceptors (Lipinski definition) is 3. The zero-order chi connectivity index (χ0) is 18.2. The average Bonchev–Trinajstić information content (AvgIpc) is 2.54. The molecule has 2 nitrogen and oxygen atoms in total. The van der Waals surface area contributed by atoms with Gasteiger partial charge in [-0.3, -0.25) is 0 Å². The fourth-order valence-electron chi connectivity index (χ4n) is 2.45. The molecule has 0 unspecified atom stereocenters. The Morgan fingerprint density at radius 1 is 0.960 bits per heavy atom. The van der Waals surface area contributed by atoms with E-state index in [4.69, 9.17) is 0 Å². The zero-order valence-corrected chi connectivity index (χ0v) is 14.9. The van der Waals surface area contributed by atoms with Crippen molar-refractivity contribution >= 4 is 22.7 Å². The van der Waals surface area contributed by atoms with Crippen LogP contribution in [0, 0.1) is 6.92 Å². The van der Waals surface area contributed by atoms with Crippen LogP contribution in [0.2, 0.25) is 0 Å². The molecule has 0 fully saturated rings. The molecule has 3 rings (SSSR count). The van der Waals surface area contributed by atoms with Crippen LogP contribution in [0.1, 0.15) is 36.7 Å². The normalized spacial score (nSPS) is 12.1. The van der Waals surface area contributed by atoms with Crippen molar-refractivity contribution in [1.29, 1.82) is 0 Å². The van der Waals surface area contributed by atoms with Crippen LogP contribution in [0.5, 0.6) is 0 Å². The molecule has 1 aromatic heterocycles. The molecule has 0 spiro atoms. The van der Waals surface area contributed by atoms with E-state index in [1.807, 2.05) is 37.3 Å². The van der Waals surface area contributed by atoms with E-state index in [1.165, 1.54) is 17.3 Å². The monoisotopic (exact) mass is 362 g/mol. The first-order chi connectivity index (χ1) is 11.7. The van der Waals surface area contributed by atoms with Gasteiger partial charge in [0.05, 0.1) is 5.52 Å². The summed E-state index contributed by atoms with van der Waals surface area (Å²) in [5.41, 5.74) is 2.44. The van der Waals surface area contributed by atoms with Crippen LogP contribution in [-0.2, 0) is 6.18 Å². The van der Waals surface area contributed by atoms with Crippen LogP contribution < -0.4 is 0 Å². The highest BCUT2D eigenvalue weighted by atomic mass is 32.2. The number of alkyl halides is 3. The van der Waals surface area contributed by atoms with Gasteiger partial charge >= 0.3 is 6.18 Å². The molecule has 130 valence electrons. The third kappa shape index (κ3) is 3.95. The van der Waals surface area contributed by atoms with Gasteiger partial charge < -0.3 is 0 Å². The van der Waals surface area contributed by atoms with Crippen LogP contribution in [-0.4, -0.2) is 9.97 Å². The molecule has 0 saturated carbocycles. The predicted octanol–water partition coefficient (Wildman–Crippen LogP) is 6.23. The fourth-order valence-corrected chi connectivity index (χ4v) is 3.35. The van der Waals surface area contributed by atoms with Gasteiger partial charge in [0, 0.05) is 10.3 Å². The van der Waals surface area contributed by atoms with E-state index in [0.717, 1.165) is 10.5 Å². The molecule has 0 aliphatic carbocycles. The first-order valence-electron chi connectivity index (χ1n) is 7.87. The Balaban J connectivity index is 2.08. The second-order valence-electron chi connectivity index (χ2n) is 6.20. The lowest BCUT2D eigenvalue weighted by Gasteiger charge is -2.11.